The second-order valence-corrected chi connectivity index (χ2v) is 6.13. The van der Waals surface area contributed by atoms with Gasteiger partial charge in [-0.3, -0.25) is 4.79 Å². The number of benzene rings is 1. The van der Waals surface area contributed by atoms with E-state index in [0.717, 1.165) is 46.6 Å². The second kappa shape index (κ2) is 4.91. The highest BCUT2D eigenvalue weighted by Crippen LogP contribution is 2.46. The topological polar surface area (TPSA) is 81.8 Å². The van der Waals surface area contributed by atoms with Crippen molar-refractivity contribution in [2.45, 2.75) is 58.3 Å². The fraction of sp³-hybridized carbons (Fsp3) is 0.562. The lowest BCUT2D eigenvalue weighted by molar-refractivity contribution is -0.138. The maximum atomic E-state index is 11.1. The van der Waals surface area contributed by atoms with Crippen LogP contribution in [-0.2, 0) is 24.1 Å². The molecule has 1 aromatic rings. The molecule has 2 aliphatic rings. The zero-order valence-electron chi connectivity index (χ0n) is 12.6. The van der Waals surface area contributed by atoms with Crippen LogP contribution >= 0.6 is 0 Å². The number of nitrogens with two attached hydrogens (primary N) is 1. The first-order valence-electron chi connectivity index (χ1n) is 7.37. The highest BCUT2D eigenvalue weighted by atomic mass is 16.5. The van der Waals surface area contributed by atoms with E-state index in [1.54, 1.807) is 0 Å². The van der Waals surface area contributed by atoms with Crippen LogP contribution in [0.25, 0.3) is 0 Å². The summed E-state index contributed by atoms with van der Waals surface area (Å²) >= 11 is 0. The van der Waals surface area contributed by atoms with E-state index in [2.05, 4.69) is 6.92 Å². The highest BCUT2D eigenvalue weighted by molar-refractivity contribution is 5.74. The normalized spacial score (nSPS) is 24.0. The summed E-state index contributed by atoms with van der Waals surface area (Å²) in [5.74, 6) is 0.760. The Kier molecular flexibility index (Phi) is 3.32. The Balaban J connectivity index is 2.12. The van der Waals surface area contributed by atoms with Gasteiger partial charge in [0.15, 0.2) is 0 Å². The van der Waals surface area contributed by atoms with E-state index in [1.807, 2.05) is 13.8 Å². The van der Waals surface area contributed by atoms with Gasteiger partial charge in [-0.15, -0.1) is 0 Å². The number of rotatable bonds is 3. The van der Waals surface area contributed by atoms with E-state index < -0.39 is 12.0 Å². The van der Waals surface area contributed by atoms with E-state index in [-0.39, 0.29) is 18.6 Å². The van der Waals surface area contributed by atoms with E-state index in [1.165, 1.54) is 0 Å². The van der Waals surface area contributed by atoms with Crippen molar-refractivity contribution in [1.82, 2.24) is 0 Å². The number of hydrogen-bond acceptors (Lipinski definition) is 4. The van der Waals surface area contributed by atoms with Crippen molar-refractivity contribution in [1.29, 1.82) is 0 Å². The molecule has 2 heterocycles. The Labute approximate surface area is 124 Å². The van der Waals surface area contributed by atoms with Crippen LogP contribution in [0.2, 0.25) is 0 Å². The Morgan fingerprint density at radius 1 is 1.24 bits per heavy atom. The maximum absolute atomic E-state index is 11.1. The van der Waals surface area contributed by atoms with Crippen LogP contribution < -0.4 is 15.2 Å². The highest BCUT2D eigenvalue weighted by Gasteiger charge is 2.35. The first-order chi connectivity index (χ1) is 9.88. The molecule has 5 nitrogen and oxygen atoms in total. The summed E-state index contributed by atoms with van der Waals surface area (Å²) in [7, 11) is 0. The number of ether oxygens (including phenoxy) is 2. The molecule has 3 N–H and O–H groups in total. The van der Waals surface area contributed by atoms with E-state index >= 15 is 0 Å². The van der Waals surface area contributed by atoms with Crippen molar-refractivity contribution in [2.75, 3.05) is 0 Å². The minimum absolute atomic E-state index is 0.110. The van der Waals surface area contributed by atoms with E-state index in [0.29, 0.717) is 0 Å². The van der Waals surface area contributed by atoms with Gasteiger partial charge in [0.1, 0.15) is 29.7 Å². The van der Waals surface area contributed by atoms with Crippen LogP contribution in [0.15, 0.2) is 0 Å². The van der Waals surface area contributed by atoms with Gasteiger partial charge in [-0.05, 0) is 26.3 Å². The molecular formula is C16H21NO4. The Morgan fingerprint density at radius 2 is 1.81 bits per heavy atom. The Bertz CT molecular complexity index is 572. The third-order valence-corrected chi connectivity index (χ3v) is 4.34. The first-order valence-corrected chi connectivity index (χ1v) is 7.37. The molecule has 0 bridgehead atoms. The van der Waals surface area contributed by atoms with Gasteiger partial charge in [0, 0.05) is 36.0 Å². The number of fused-ring (bicyclic) bond motifs is 2. The summed E-state index contributed by atoms with van der Waals surface area (Å²) in [6.07, 6.45) is 2.12. The zero-order valence-corrected chi connectivity index (χ0v) is 12.6. The first kappa shape index (κ1) is 14.2. The predicted molar refractivity (Wildman–Crippen MR) is 78.1 cm³/mol. The van der Waals surface area contributed by atoms with Gasteiger partial charge in [-0.1, -0.05) is 0 Å². The van der Waals surface area contributed by atoms with Gasteiger partial charge in [0.2, 0.25) is 0 Å². The Hall–Kier alpha value is -1.75. The molecule has 0 aliphatic carbocycles. The number of carbonyl (C=O) groups is 1. The second-order valence-electron chi connectivity index (χ2n) is 6.13. The summed E-state index contributed by atoms with van der Waals surface area (Å²) in [5, 5.41) is 9.10. The molecule has 3 unspecified atom stereocenters. The lowest BCUT2D eigenvalue weighted by Crippen LogP contribution is -2.32. The van der Waals surface area contributed by atoms with Crippen molar-refractivity contribution in [3.05, 3.63) is 22.3 Å². The third-order valence-electron chi connectivity index (χ3n) is 4.34. The van der Waals surface area contributed by atoms with Crippen molar-refractivity contribution in [2.24, 2.45) is 5.73 Å². The number of aliphatic carboxylic acids is 1. The van der Waals surface area contributed by atoms with E-state index in [4.69, 9.17) is 20.3 Å². The monoisotopic (exact) mass is 291 g/mol. The average Bonchev–Trinajstić information content (AvgIpc) is 2.97. The Morgan fingerprint density at radius 3 is 2.43 bits per heavy atom. The molecule has 2 aliphatic heterocycles. The molecule has 1 aromatic carbocycles. The van der Waals surface area contributed by atoms with Gasteiger partial charge in [0.25, 0.3) is 0 Å². The third kappa shape index (κ3) is 2.25. The molecule has 0 spiro atoms. The SMILES string of the molecule is Cc1c2c(c(CC(N)C(=O)O)c3c1OC(C)C3)OC(C)C2. The minimum atomic E-state index is -0.990. The molecule has 0 fully saturated rings. The lowest BCUT2D eigenvalue weighted by Gasteiger charge is -2.17. The summed E-state index contributed by atoms with van der Waals surface area (Å²) in [5.41, 5.74) is 10.0. The van der Waals surface area contributed by atoms with Crippen LogP contribution in [0, 0.1) is 6.92 Å². The lowest BCUT2D eigenvalue weighted by atomic mass is 9.90. The maximum Gasteiger partial charge on any atom is 0.320 e. The molecule has 0 saturated carbocycles. The molecule has 5 heteroatoms. The van der Waals surface area contributed by atoms with Crippen LogP contribution in [0.3, 0.4) is 0 Å². The minimum Gasteiger partial charge on any atom is -0.490 e. The van der Waals surface area contributed by atoms with Gasteiger partial charge < -0.3 is 20.3 Å². The fourth-order valence-electron chi connectivity index (χ4n) is 3.34. The van der Waals surface area contributed by atoms with Gasteiger partial charge in [-0.25, -0.2) is 0 Å². The molecule has 3 atom stereocenters. The van der Waals surface area contributed by atoms with Crippen LogP contribution in [0.4, 0.5) is 0 Å². The van der Waals surface area contributed by atoms with E-state index in [9.17, 15) is 4.79 Å². The standard InChI is InChI=1S/C16H21NO4/c1-7-4-10-9(3)14-11(5-8(2)20-14)12(15(10)21-7)6-13(17)16(18)19/h7-8,13H,4-6,17H2,1-3H3,(H,18,19). The van der Waals surface area contributed by atoms with Gasteiger partial charge in [0.05, 0.1) is 0 Å². The smallest absolute Gasteiger partial charge is 0.320 e. The van der Waals surface area contributed by atoms with Crippen LogP contribution in [0.5, 0.6) is 11.5 Å². The number of carboxylic acids is 1. The summed E-state index contributed by atoms with van der Waals surface area (Å²) in [4.78, 5) is 11.1. The van der Waals surface area contributed by atoms with Gasteiger partial charge >= 0.3 is 5.97 Å². The van der Waals surface area contributed by atoms with Crippen LogP contribution in [-0.4, -0.2) is 29.3 Å². The fourth-order valence-corrected chi connectivity index (χ4v) is 3.34. The van der Waals surface area contributed by atoms with Crippen molar-refractivity contribution < 1.29 is 19.4 Å². The van der Waals surface area contributed by atoms with Crippen molar-refractivity contribution >= 4 is 5.97 Å². The quantitative estimate of drug-likeness (QED) is 0.884. The molecule has 0 amide bonds. The summed E-state index contributed by atoms with van der Waals surface area (Å²) in [6.45, 7) is 6.10. The molecule has 21 heavy (non-hydrogen) atoms. The van der Waals surface area contributed by atoms with Crippen LogP contribution in [0.1, 0.15) is 36.1 Å². The summed E-state index contributed by atoms with van der Waals surface area (Å²) < 4.78 is 11.9. The predicted octanol–water partition coefficient (Wildman–Crippen LogP) is 1.60. The molecular weight excluding hydrogens is 270 g/mol. The molecule has 0 aromatic heterocycles. The number of carboxylic acid groups (broad SMARTS) is 1. The average molecular weight is 291 g/mol. The number of hydrogen-bond donors (Lipinski definition) is 2. The van der Waals surface area contributed by atoms with Gasteiger partial charge in [-0.2, -0.15) is 0 Å². The van der Waals surface area contributed by atoms with Crippen molar-refractivity contribution in [3.8, 4) is 11.5 Å². The zero-order chi connectivity index (χ0) is 15.3. The molecule has 0 saturated heterocycles. The molecule has 114 valence electrons. The van der Waals surface area contributed by atoms with Crippen molar-refractivity contribution in [3.63, 3.8) is 0 Å². The largest absolute Gasteiger partial charge is 0.490 e. The molecule has 0 radical (unpaired) electrons. The summed E-state index contributed by atoms with van der Waals surface area (Å²) in [6, 6.07) is -0.920. The molecule has 3 rings (SSSR count).